The number of phosphoric ester groups is 1. The smallest absolute Gasteiger partial charge is 0.387 e. The lowest BCUT2D eigenvalue weighted by atomic mass is 10.1. The second-order valence-electron chi connectivity index (χ2n) is 11.7. The quantitative estimate of drug-likeness (QED) is 0.0328. The van der Waals surface area contributed by atoms with E-state index in [9.17, 15) is 19.4 Å². The van der Waals surface area contributed by atoms with Crippen LogP contribution in [0.5, 0.6) is 0 Å². The van der Waals surface area contributed by atoms with Gasteiger partial charge in [-0.2, -0.15) is 0 Å². The van der Waals surface area contributed by atoms with Gasteiger partial charge in [-0.1, -0.05) is 127 Å². The molecule has 3 atom stereocenters. The average Bonchev–Trinajstić information content (AvgIpc) is 3.01. The summed E-state index contributed by atoms with van der Waals surface area (Å²) < 4.78 is 21.9. The van der Waals surface area contributed by atoms with E-state index < -0.39 is 20.0 Å². The molecule has 0 aliphatic rings. The fourth-order valence-electron chi connectivity index (χ4n) is 4.75. The van der Waals surface area contributed by atoms with Gasteiger partial charge < -0.3 is 21.1 Å². The summed E-state index contributed by atoms with van der Waals surface area (Å²) in [6.45, 7) is 4.03. The molecular formula is C35H67N2O6P. The van der Waals surface area contributed by atoms with Crippen LogP contribution in [0, 0.1) is 0 Å². The highest BCUT2D eigenvalue weighted by Crippen LogP contribution is 2.43. The van der Waals surface area contributed by atoms with Gasteiger partial charge in [0.1, 0.15) is 0 Å². The topological polar surface area (TPSA) is 131 Å². The largest absolute Gasteiger partial charge is 0.472 e. The van der Waals surface area contributed by atoms with E-state index >= 15 is 0 Å². The molecule has 3 unspecified atom stereocenters. The van der Waals surface area contributed by atoms with E-state index in [4.69, 9.17) is 14.8 Å². The third kappa shape index (κ3) is 29.4. The van der Waals surface area contributed by atoms with Crippen molar-refractivity contribution in [3.63, 3.8) is 0 Å². The highest BCUT2D eigenvalue weighted by Gasteiger charge is 2.26. The summed E-state index contributed by atoms with van der Waals surface area (Å²) >= 11 is 0. The van der Waals surface area contributed by atoms with Crippen molar-refractivity contribution in [3.05, 3.63) is 36.5 Å². The Balaban J connectivity index is 4.27. The standard InChI is InChI=1S/C35H67N2O6P/c1-3-5-7-9-11-13-14-15-16-17-18-19-20-21-23-25-27-29-35(39)37-33(32-43-44(40,41)42-31-30-36)34(38)28-26-24-22-12-10-8-6-4-2/h11,13,15-16,26,28,33-34,38H,3-10,12,14,17-25,27,29-32,36H2,1-2H3,(H,37,39)(H,40,41)/b13-11-,16-15-,28-26+. The molecule has 0 spiro atoms. The Labute approximate surface area is 269 Å². The van der Waals surface area contributed by atoms with Gasteiger partial charge in [0.15, 0.2) is 0 Å². The molecule has 0 aliphatic carbocycles. The van der Waals surface area contributed by atoms with Gasteiger partial charge in [0.25, 0.3) is 0 Å². The Hall–Kier alpha value is -1.28. The van der Waals surface area contributed by atoms with Crippen molar-refractivity contribution in [1.82, 2.24) is 5.32 Å². The Morgan fingerprint density at radius 1 is 0.750 bits per heavy atom. The molecule has 0 aromatic rings. The summed E-state index contributed by atoms with van der Waals surface area (Å²) in [5.74, 6) is -0.208. The van der Waals surface area contributed by atoms with Crippen molar-refractivity contribution < 1.29 is 28.4 Å². The summed E-state index contributed by atoms with van der Waals surface area (Å²) in [6, 6.07) is -0.860. The van der Waals surface area contributed by atoms with Crippen molar-refractivity contribution in [2.45, 2.75) is 161 Å². The predicted molar refractivity (Wildman–Crippen MR) is 184 cm³/mol. The highest BCUT2D eigenvalue weighted by molar-refractivity contribution is 7.47. The zero-order valence-electron chi connectivity index (χ0n) is 28.1. The Morgan fingerprint density at radius 3 is 1.84 bits per heavy atom. The number of nitrogens with one attached hydrogen (secondary N) is 1. The first-order chi connectivity index (χ1) is 21.4. The van der Waals surface area contributed by atoms with E-state index in [-0.39, 0.29) is 25.7 Å². The van der Waals surface area contributed by atoms with Gasteiger partial charge in [0.2, 0.25) is 5.91 Å². The molecule has 1 amide bonds. The number of hydrogen-bond donors (Lipinski definition) is 4. The third-order valence-electron chi connectivity index (χ3n) is 7.46. The fraction of sp³-hybridized carbons (Fsp3) is 0.800. The van der Waals surface area contributed by atoms with E-state index in [2.05, 4.69) is 43.5 Å². The number of phosphoric acid groups is 1. The number of amides is 1. The van der Waals surface area contributed by atoms with Crippen molar-refractivity contribution in [2.24, 2.45) is 5.73 Å². The summed E-state index contributed by atoms with van der Waals surface area (Å²) in [6.07, 6.45) is 34.8. The number of allylic oxidation sites excluding steroid dienone is 5. The number of aliphatic hydroxyl groups is 1. The summed E-state index contributed by atoms with van der Waals surface area (Å²) in [5.41, 5.74) is 5.33. The van der Waals surface area contributed by atoms with Gasteiger partial charge in [0, 0.05) is 13.0 Å². The lowest BCUT2D eigenvalue weighted by Crippen LogP contribution is -2.45. The first kappa shape index (κ1) is 42.7. The van der Waals surface area contributed by atoms with Crippen LogP contribution in [-0.4, -0.2) is 47.8 Å². The van der Waals surface area contributed by atoms with Crippen LogP contribution in [0.25, 0.3) is 0 Å². The summed E-state index contributed by atoms with van der Waals surface area (Å²) in [4.78, 5) is 22.5. The van der Waals surface area contributed by atoms with E-state index in [1.165, 1.54) is 77.0 Å². The van der Waals surface area contributed by atoms with Crippen LogP contribution in [0.4, 0.5) is 0 Å². The third-order valence-corrected chi connectivity index (χ3v) is 8.44. The summed E-state index contributed by atoms with van der Waals surface area (Å²) in [7, 11) is -4.32. The molecule has 44 heavy (non-hydrogen) atoms. The number of carbonyl (C=O) groups is 1. The molecule has 0 aliphatic heterocycles. The molecule has 0 aromatic heterocycles. The molecule has 9 heteroatoms. The zero-order valence-corrected chi connectivity index (χ0v) is 29.0. The van der Waals surface area contributed by atoms with Gasteiger partial charge in [-0.25, -0.2) is 4.57 Å². The molecule has 0 saturated carbocycles. The molecule has 0 radical (unpaired) electrons. The highest BCUT2D eigenvalue weighted by atomic mass is 31.2. The molecule has 0 heterocycles. The van der Waals surface area contributed by atoms with Crippen LogP contribution in [0.15, 0.2) is 36.5 Å². The maximum Gasteiger partial charge on any atom is 0.472 e. The predicted octanol–water partition coefficient (Wildman–Crippen LogP) is 8.82. The van der Waals surface area contributed by atoms with E-state index in [0.29, 0.717) is 6.42 Å². The SMILES string of the molecule is CCCCC/C=C\C/C=C\CCCCCCCCCC(=O)NC(COP(=O)(O)OCCN)C(O)/C=C/CCCCCCCC. The molecule has 0 fully saturated rings. The Morgan fingerprint density at radius 2 is 1.25 bits per heavy atom. The lowest BCUT2D eigenvalue weighted by Gasteiger charge is -2.23. The number of rotatable bonds is 32. The molecule has 8 nitrogen and oxygen atoms in total. The summed E-state index contributed by atoms with van der Waals surface area (Å²) in [5, 5.41) is 13.5. The van der Waals surface area contributed by atoms with Crippen LogP contribution >= 0.6 is 7.82 Å². The molecule has 0 saturated heterocycles. The maximum absolute atomic E-state index is 12.6. The van der Waals surface area contributed by atoms with Crippen LogP contribution in [0.3, 0.4) is 0 Å². The van der Waals surface area contributed by atoms with Crippen molar-refractivity contribution in [3.8, 4) is 0 Å². The van der Waals surface area contributed by atoms with Crippen molar-refractivity contribution in [1.29, 1.82) is 0 Å². The first-order valence-corrected chi connectivity index (χ1v) is 19.1. The van der Waals surface area contributed by atoms with Crippen molar-refractivity contribution in [2.75, 3.05) is 19.8 Å². The zero-order chi connectivity index (χ0) is 32.6. The molecule has 0 aromatic carbocycles. The lowest BCUT2D eigenvalue weighted by molar-refractivity contribution is -0.123. The van der Waals surface area contributed by atoms with Crippen LogP contribution in [0.2, 0.25) is 0 Å². The number of nitrogens with two attached hydrogens (primary N) is 1. The Bertz CT molecular complexity index is 789. The molecule has 258 valence electrons. The second kappa shape index (κ2) is 31.7. The second-order valence-corrected chi connectivity index (χ2v) is 13.2. The first-order valence-electron chi connectivity index (χ1n) is 17.6. The van der Waals surface area contributed by atoms with Gasteiger partial charge in [-0.15, -0.1) is 0 Å². The maximum atomic E-state index is 12.6. The van der Waals surface area contributed by atoms with Crippen molar-refractivity contribution >= 4 is 13.7 Å². The number of carbonyl (C=O) groups excluding carboxylic acids is 1. The van der Waals surface area contributed by atoms with Crippen LogP contribution in [-0.2, 0) is 18.4 Å². The minimum absolute atomic E-state index is 0.0760. The number of unbranched alkanes of at least 4 members (excludes halogenated alkanes) is 16. The fourth-order valence-corrected chi connectivity index (χ4v) is 5.51. The average molecular weight is 643 g/mol. The molecule has 0 bridgehead atoms. The molecule has 5 N–H and O–H groups in total. The minimum Gasteiger partial charge on any atom is -0.387 e. The molecule has 0 rings (SSSR count). The van der Waals surface area contributed by atoms with Crippen LogP contribution < -0.4 is 11.1 Å². The monoisotopic (exact) mass is 642 g/mol. The number of hydrogen-bond acceptors (Lipinski definition) is 6. The van der Waals surface area contributed by atoms with Gasteiger partial charge in [-0.05, 0) is 51.4 Å². The van der Waals surface area contributed by atoms with Gasteiger partial charge >= 0.3 is 7.82 Å². The van der Waals surface area contributed by atoms with Gasteiger partial charge in [0.05, 0.1) is 25.4 Å². The minimum atomic E-state index is -4.32. The molecular weight excluding hydrogens is 575 g/mol. The Kier molecular flexibility index (Phi) is 30.8. The van der Waals surface area contributed by atoms with Gasteiger partial charge in [-0.3, -0.25) is 13.8 Å². The van der Waals surface area contributed by atoms with Crippen LogP contribution in [0.1, 0.15) is 149 Å². The van der Waals surface area contributed by atoms with E-state index in [0.717, 1.165) is 51.4 Å². The van der Waals surface area contributed by atoms with E-state index in [1.807, 2.05) is 6.08 Å². The normalized spacial score (nSPS) is 14.9. The number of aliphatic hydroxyl groups excluding tert-OH is 1. The van der Waals surface area contributed by atoms with E-state index in [1.54, 1.807) is 6.08 Å².